The standard InChI is InChI=1S/C13H9ClF3NS/c14-11-4-5-18-12(7-11)19-8-9-2-1-3-10(6-9)13(15,16)17/h1-7H,8H2. The zero-order valence-electron chi connectivity index (χ0n) is 9.62. The van der Waals surface area contributed by atoms with Gasteiger partial charge in [-0.2, -0.15) is 13.2 Å². The van der Waals surface area contributed by atoms with Crippen molar-refractivity contribution in [2.75, 3.05) is 0 Å². The molecule has 0 saturated heterocycles. The number of nitrogens with zero attached hydrogens (tertiary/aromatic N) is 1. The van der Waals surface area contributed by atoms with Crippen LogP contribution in [-0.4, -0.2) is 4.98 Å². The van der Waals surface area contributed by atoms with E-state index >= 15 is 0 Å². The molecule has 0 bridgehead atoms. The number of aromatic nitrogens is 1. The molecule has 0 amide bonds. The third kappa shape index (κ3) is 4.14. The van der Waals surface area contributed by atoms with E-state index in [1.54, 1.807) is 24.4 Å². The van der Waals surface area contributed by atoms with Crippen molar-refractivity contribution in [3.8, 4) is 0 Å². The number of rotatable bonds is 3. The topological polar surface area (TPSA) is 12.9 Å². The summed E-state index contributed by atoms with van der Waals surface area (Å²) in [6, 6.07) is 8.61. The molecule has 2 rings (SSSR count). The number of hydrogen-bond donors (Lipinski definition) is 0. The molecule has 0 aliphatic carbocycles. The third-order valence-corrected chi connectivity index (χ3v) is 3.57. The van der Waals surface area contributed by atoms with Crippen LogP contribution in [0, 0.1) is 0 Å². The summed E-state index contributed by atoms with van der Waals surface area (Å²) in [6.45, 7) is 0. The quantitative estimate of drug-likeness (QED) is 0.736. The molecule has 0 radical (unpaired) electrons. The Morgan fingerprint density at radius 2 is 1.95 bits per heavy atom. The van der Waals surface area contributed by atoms with Crippen LogP contribution >= 0.6 is 23.4 Å². The SMILES string of the molecule is FC(F)(F)c1cccc(CSc2cc(Cl)ccn2)c1. The Morgan fingerprint density at radius 1 is 1.16 bits per heavy atom. The van der Waals surface area contributed by atoms with Gasteiger partial charge in [0.05, 0.1) is 10.6 Å². The smallest absolute Gasteiger partial charge is 0.250 e. The van der Waals surface area contributed by atoms with Crippen LogP contribution in [0.1, 0.15) is 11.1 Å². The van der Waals surface area contributed by atoms with Gasteiger partial charge in [0.1, 0.15) is 0 Å². The lowest BCUT2D eigenvalue weighted by Crippen LogP contribution is -2.04. The van der Waals surface area contributed by atoms with Gasteiger partial charge in [0.25, 0.3) is 0 Å². The summed E-state index contributed by atoms with van der Waals surface area (Å²) in [5.74, 6) is 0.414. The van der Waals surface area contributed by atoms with Crippen molar-refractivity contribution in [2.45, 2.75) is 17.0 Å². The Balaban J connectivity index is 2.08. The molecule has 2 aromatic rings. The van der Waals surface area contributed by atoms with Crippen molar-refractivity contribution in [2.24, 2.45) is 0 Å². The number of pyridine rings is 1. The van der Waals surface area contributed by atoms with Gasteiger partial charge >= 0.3 is 6.18 Å². The van der Waals surface area contributed by atoms with Crippen molar-refractivity contribution >= 4 is 23.4 Å². The first-order chi connectivity index (χ1) is 8.95. The molecule has 0 unspecified atom stereocenters. The van der Waals surface area contributed by atoms with Crippen LogP contribution in [0.5, 0.6) is 0 Å². The summed E-state index contributed by atoms with van der Waals surface area (Å²) in [7, 11) is 0. The fourth-order valence-corrected chi connectivity index (χ4v) is 2.52. The molecule has 1 nitrogen and oxygen atoms in total. The normalized spacial score (nSPS) is 11.6. The lowest BCUT2D eigenvalue weighted by Gasteiger charge is -2.08. The predicted octanol–water partition coefficient (Wildman–Crippen LogP) is 5.05. The lowest BCUT2D eigenvalue weighted by atomic mass is 10.1. The average Bonchev–Trinajstić information content (AvgIpc) is 2.36. The van der Waals surface area contributed by atoms with Crippen LogP contribution < -0.4 is 0 Å². The monoisotopic (exact) mass is 303 g/mol. The number of alkyl halides is 3. The van der Waals surface area contributed by atoms with Crippen LogP contribution in [-0.2, 0) is 11.9 Å². The Hall–Kier alpha value is -1.20. The number of thioether (sulfide) groups is 1. The Labute approximate surface area is 117 Å². The number of hydrogen-bond acceptors (Lipinski definition) is 2. The van der Waals surface area contributed by atoms with Gasteiger partial charge in [0.2, 0.25) is 0 Å². The molecular weight excluding hydrogens is 295 g/mol. The second kappa shape index (κ2) is 5.84. The Bertz CT molecular complexity index is 572. The van der Waals surface area contributed by atoms with E-state index in [2.05, 4.69) is 4.98 Å². The van der Waals surface area contributed by atoms with Crippen molar-refractivity contribution in [1.82, 2.24) is 4.98 Å². The summed E-state index contributed by atoms with van der Waals surface area (Å²) >= 11 is 7.15. The molecule has 0 aliphatic heterocycles. The maximum atomic E-state index is 12.5. The third-order valence-electron chi connectivity index (χ3n) is 2.34. The maximum absolute atomic E-state index is 12.5. The van der Waals surface area contributed by atoms with Gasteiger partial charge in [0.15, 0.2) is 0 Å². The van der Waals surface area contributed by atoms with E-state index in [0.29, 0.717) is 21.4 Å². The molecular formula is C13H9ClF3NS. The van der Waals surface area contributed by atoms with Gasteiger partial charge in [-0.25, -0.2) is 4.98 Å². The minimum absolute atomic E-state index is 0.414. The Kier molecular flexibility index (Phi) is 4.37. The van der Waals surface area contributed by atoms with Crippen LogP contribution in [0.15, 0.2) is 47.6 Å². The van der Waals surface area contributed by atoms with Gasteiger partial charge in [-0.15, -0.1) is 11.8 Å². The molecule has 0 N–H and O–H groups in total. The zero-order valence-corrected chi connectivity index (χ0v) is 11.2. The van der Waals surface area contributed by atoms with Crippen LogP contribution in [0.25, 0.3) is 0 Å². The summed E-state index contributed by atoms with van der Waals surface area (Å²) in [5, 5.41) is 1.24. The minimum Gasteiger partial charge on any atom is -0.250 e. The molecule has 0 fully saturated rings. The maximum Gasteiger partial charge on any atom is 0.416 e. The molecule has 0 saturated carbocycles. The highest BCUT2D eigenvalue weighted by Crippen LogP contribution is 2.31. The molecule has 1 aromatic heterocycles. The Morgan fingerprint density at radius 3 is 2.63 bits per heavy atom. The van der Waals surface area contributed by atoms with Gasteiger partial charge in [-0.05, 0) is 23.8 Å². The predicted molar refractivity (Wildman–Crippen MR) is 70.3 cm³/mol. The van der Waals surface area contributed by atoms with Crippen molar-refractivity contribution in [1.29, 1.82) is 0 Å². The molecule has 6 heteroatoms. The van der Waals surface area contributed by atoms with E-state index in [1.165, 1.54) is 17.8 Å². The minimum atomic E-state index is -4.31. The first-order valence-electron chi connectivity index (χ1n) is 5.35. The molecule has 1 aromatic carbocycles. The highest BCUT2D eigenvalue weighted by Gasteiger charge is 2.30. The van der Waals surface area contributed by atoms with Gasteiger partial charge in [0, 0.05) is 17.0 Å². The molecule has 19 heavy (non-hydrogen) atoms. The van der Waals surface area contributed by atoms with Gasteiger partial charge in [-0.3, -0.25) is 0 Å². The second-order valence-electron chi connectivity index (χ2n) is 3.80. The molecule has 0 atom stereocenters. The number of halogens is 4. The van der Waals surface area contributed by atoms with E-state index in [0.717, 1.165) is 12.1 Å². The molecule has 0 spiro atoms. The molecule has 0 aliphatic rings. The van der Waals surface area contributed by atoms with Gasteiger partial charge < -0.3 is 0 Å². The van der Waals surface area contributed by atoms with Crippen molar-refractivity contribution in [3.05, 3.63) is 58.7 Å². The fourth-order valence-electron chi connectivity index (χ4n) is 1.46. The average molecular weight is 304 g/mol. The van der Waals surface area contributed by atoms with Crippen molar-refractivity contribution < 1.29 is 13.2 Å². The largest absolute Gasteiger partial charge is 0.416 e. The lowest BCUT2D eigenvalue weighted by molar-refractivity contribution is -0.137. The number of benzene rings is 1. The van der Waals surface area contributed by atoms with E-state index in [1.807, 2.05) is 0 Å². The highest BCUT2D eigenvalue weighted by molar-refractivity contribution is 7.98. The zero-order chi connectivity index (χ0) is 13.9. The second-order valence-corrected chi connectivity index (χ2v) is 5.23. The van der Waals surface area contributed by atoms with Crippen LogP contribution in [0.2, 0.25) is 5.02 Å². The highest BCUT2D eigenvalue weighted by atomic mass is 35.5. The van der Waals surface area contributed by atoms with Gasteiger partial charge in [-0.1, -0.05) is 29.8 Å². The van der Waals surface area contributed by atoms with E-state index in [4.69, 9.17) is 11.6 Å². The van der Waals surface area contributed by atoms with Crippen LogP contribution in [0.3, 0.4) is 0 Å². The molecule has 1 heterocycles. The van der Waals surface area contributed by atoms with E-state index in [9.17, 15) is 13.2 Å². The summed E-state index contributed by atoms with van der Waals surface area (Å²) in [6.07, 6.45) is -2.74. The fraction of sp³-hybridized carbons (Fsp3) is 0.154. The summed E-state index contributed by atoms with van der Waals surface area (Å²) in [5.41, 5.74) is -0.0359. The summed E-state index contributed by atoms with van der Waals surface area (Å²) < 4.78 is 37.6. The van der Waals surface area contributed by atoms with Crippen LogP contribution in [0.4, 0.5) is 13.2 Å². The van der Waals surface area contributed by atoms with E-state index < -0.39 is 11.7 Å². The molecule has 100 valence electrons. The first-order valence-corrected chi connectivity index (χ1v) is 6.72. The summed E-state index contributed by atoms with van der Waals surface area (Å²) in [4.78, 5) is 4.08. The first kappa shape index (κ1) is 14.2. The van der Waals surface area contributed by atoms with E-state index in [-0.39, 0.29) is 0 Å². The van der Waals surface area contributed by atoms with Crippen molar-refractivity contribution in [3.63, 3.8) is 0 Å².